The monoisotopic (exact) mass is 280 g/mol. The highest BCUT2D eigenvalue weighted by Crippen LogP contribution is 2.49. The van der Waals surface area contributed by atoms with Crippen molar-refractivity contribution in [2.45, 2.75) is 58.1 Å². The van der Waals surface area contributed by atoms with Gasteiger partial charge in [-0.15, -0.1) is 0 Å². The predicted octanol–water partition coefficient (Wildman–Crippen LogP) is 1.70. The van der Waals surface area contributed by atoms with Crippen LogP contribution in [0.4, 0.5) is 0 Å². The van der Waals surface area contributed by atoms with Gasteiger partial charge in [0, 0.05) is 24.5 Å². The minimum absolute atomic E-state index is 0.00618. The second kappa shape index (κ2) is 4.99. The molecule has 1 spiro atoms. The third kappa shape index (κ3) is 2.48. The minimum atomic E-state index is -0.391. The topological polar surface area (TPSA) is 50.4 Å². The molecule has 3 rings (SSSR count). The second-order valence-electron chi connectivity index (χ2n) is 7.89. The standard InChI is InChI=1S/C16H28N2O2/c1-15(2,3)20-14(19)12-9-17-10-16(12)6-4-11-5-7-18-13(16)8-11/h11-13,17-18H,4-10H2,1-3H3. The molecule has 4 heteroatoms. The first-order chi connectivity index (χ1) is 9.41. The molecular weight excluding hydrogens is 252 g/mol. The van der Waals surface area contributed by atoms with Crippen molar-refractivity contribution in [1.29, 1.82) is 0 Å². The molecule has 4 atom stereocenters. The Balaban J connectivity index is 1.79. The van der Waals surface area contributed by atoms with E-state index < -0.39 is 5.60 Å². The zero-order chi connectivity index (χ0) is 14.4. The number of hydrogen-bond acceptors (Lipinski definition) is 4. The molecule has 0 aromatic carbocycles. The number of hydrogen-bond donors (Lipinski definition) is 2. The van der Waals surface area contributed by atoms with Crippen LogP contribution in [0.5, 0.6) is 0 Å². The Morgan fingerprint density at radius 1 is 1.30 bits per heavy atom. The van der Waals surface area contributed by atoms with Crippen molar-refractivity contribution in [3.8, 4) is 0 Å². The summed E-state index contributed by atoms with van der Waals surface area (Å²) in [6, 6.07) is 0.488. The van der Waals surface area contributed by atoms with E-state index in [-0.39, 0.29) is 17.3 Å². The van der Waals surface area contributed by atoms with Gasteiger partial charge in [-0.1, -0.05) is 0 Å². The smallest absolute Gasteiger partial charge is 0.311 e. The Bertz CT molecular complexity index is 390. The van der Waals surface area contributed by atoms with Gasteiger partial charge in [0.2, 0.25) is 0 Å². The summed E-state index contributed by atoms with van der Waals surface area (Å²) < 4.78 is 5.68. The van der Waals surface area contributed by atoms with E-state index in [2.05, 4.69) is 10.6 Å². The van der Waals surface area contributed by atoms with E-state index in [0.29, 0.717) is 6.04 Å². The molecule has 1 aliphatic carbocycles. The summed E-state index contributed by atoms with van der Waals surface area (Å²) in [5.41, 5.74) is -0.308. The summed E-state index contributed by atoms with van der Waals surface area (Å²) in [5, 5.41) is 7.15. The Hall–Kier alpha value is -0.610. The SMILES string of the molecule is CC(C)(C)OC(=O)C1CNCC12CCC1CCNC2C1. The van der Waals surface area contributed by atoms with Gasteiger partial charge in [0.05, 0.1) is 5.92 Å². The number of esters is 1. The fraction of sp³-hybridized carbons (Fsp3) is 0.938. The number of carbonyl (C=O) groups excluding carboxylic acids is 1. The summed E-state index contributed by atoms with van der Waals surface area (Å²) in [4.78, 5) is 12.6. The molecular formula is C16H28N2O2. The number of rotatable bonds is 1. The molecule has 3 aliphatic rings. The number of carbonyl (C=O) groups is 1. The Morgan fingerprint density at radius 3 is 2.85 bits per heavy atom. The molecule has 0 aromatic rings. The van der Waals surface area contributed by atoms with Crippen molar-refractivity contribution >= 4 is 5.97 Å². The fourth-order valence-corrected chi connectivity index (χ4v) is 4.44. The molecule has 1 saturated carbocycles. The lowest BCUT2D eigenvalue weighted by Gasteiger charge is -2.50. The van der Waals surface area contributed by atoms with Gasteiger partial charge in [-0.2, -0.15) is 0 Å². The highest BCUT2D eigenvalue weighted by molar-refractivity contribution is 5.75. The molecule has 4 nitrogen and oxygen atoms in total. The van der Waals surface area contributed by atoms with Crippen LogP contribution in [-0.2, 0) is 9.53 Å². The molecule has 0 amide bonds. The molecule has 2 bridgehead atoms. The Labute approximate surface area is 122 Å². The lowest BCUT2D eigenvalue weighted by atomic mass is 9.60. The lowest BCUT2D eigenvalue weighted by Crippen LogP contribution is -2.58. The number of ether oxygens (including phenoxy) is 1. The first kappa shape index (κ1) is 14.3. The van der Waals surface area contributed by atoms with Crippen LogP contribution >= 0.6 is 0 Å². The first-order valence-electron chi connectivity index (χ1n) is 8.08. The fourth-order valence-electron chi connectivity index (χ4n) is 4.44. The van der Waals surface area contributed by atoms with Gasteiger partial charge < -0.3 is 15.4 Å². The maximum absolute atomic E-state index is 12.6. The highest BCUT2D eigenvalue weighted by Gasteiger charge is 2.55. The van der Waals surface area contributed by atoms with Crippen LogP contribution < -0.4 is 10.6 Å². The van der Waals surface area contributed by atoms with Crippen LogP contribution in [0, 0.1) is 17.3 Å². The number of piperidine rings is 1. The van der Waals surface area contributed by atoms with Crippen molar-refractivity contribution in [3.05, 3.63) is 0 Å². The lowest BCUT2D eigenvalue weighted by molar-refractivity contribution is -0.165. The predicted molar refractivity (Wildman–Crippen MR) is 78.4 cm³/mol. The summed E-state index contributed by atoms with van der Waals surface area (Å²) in [6.07, 6.45) is 4.98. The van der Waals surface area contributed by atoms with E-state index in [4.69, 9.17) is 4.74 Å². The number of nitrogens with one attached hydrogen (secondary N) is 2. The zero-order valence-electron chi connectivity index (χ0n) is 13.0. The molecule has 4 unspecified atom stereocenters. The molecule has 0 radical (unpaired) electrons. The van der Waals surface area contributed by atoms with Gasteiger partial charge in [-0.05, 0) is 58.9 Å². The molecule has 2 aliphatic heterocycles. The maximum Gasteiger partial charge on any atom is 0.311 e. The summed E-state index contributed by atoms with van der Waals surface area (Å²) in [7, 11) is 0. The van der Waals surface area contributed by atoms with Gasteiger partial charge in [-0.25, -0.2) is 0 Å². The number of fused-ring (bicyclic) bond motifs is 3. The average Bonchev–Trinajstić information content (AvgIpc) is 2.78. The van der Waals surface area contributed by atoms with Gasteiger partial charge in [0.1, 0.15) is 5.60 Å². The van der Waals surface area contributed by atoms with Crippen LogP contribution in [0.3, 0.4) is 0 Å². The molecule has 2 N–H and O–H groups in total. The highest BCUT2D eigenvalue weighted by atomic mass is 16.6. The molecule has 114 valence electrons. The van der Waals surface area contributed by atoms with Gasteiger partial charge >= 0.3 is 5.97 Å². The van der Waals surface area contributed by atoms with Crippen molar-refractivity contribution in [1.82, 2.24) is 10.6 Å². The van der Waals surface area contributed by atoms with E-state index in [1.165, 1.54) is 19.3 Å². The third-order valence-corrected chi connectivity index (χ3v) is 5.41. The molecule has 2 saturated heterocycles. The molecule has 20 heavy (non-hydrogen) atoms. The second-order valence-corrected chi connectivity index (χ2v) is 7.89. The zero-order valence-corrected chi connectivity index (χ0v) is 13.0. The summed E-state index contributed by atoms with van der Waals surface area (Å²) >= 11 is 0. The van der Waals surface area contributed by atoms with Crippen molar-refractivity contribution in [2.75, 3.05) is 19.6 Å². The van der Waals surface area contributed by atoms with Crippen LogP contribution in [-0.4, -0.2) is 37.2 Å². The quantitative estimate of drug-likeness (QED) is 0.718. The van der Waals surface area contributed by atoms with Crippen LogP contribution in [0.1, 0.15) is 46.5 Å². The normalized spacial score (nSPS) is 40.9. The largest absolute Gasteiger partial charge is 0.460 e. The van der Waals surface area contributed by atoms with Gasteiger partial charge in [0.15, 0.2) is 0 Å². The van der Waals surface area contributed by atoms with Crippen LogP contribution in [0.25, 0.3) is 0 Å². The summed E-state index contributed by atoms with van der Waals surface area (Å²) in [6.45, 7) is 8.71. The van der Waals surface area contributed by atoms with Crippen LogP contribution in [0.15, 0.2) is 0 Å². The van der Waals surface area contributed by atoms with E-state index in [9.17, 15) is 4.79 Å². The molecule has 0 aromatic heterocycles. The first-order valence-corrected chi connectivity index (χ1v) is 8.08. The average molecular weight is 280 g/mol. The van der Waals surface area contributed by atoms with Crippen molar-refractivity contribution in [2.24, 2.45) is 17.3 Å². The van der Waals surface area contributed by atoms with E-state index >= 15 is 0 Å². The Kier molecular flexibility index (Phi) is 3.57. The summed E-state index contributed by atoms with van der Waals surface area (Å²) in [5.74, 6) is 0.873. The van der Waals surface area contributed by atoms with E-state index in [0.717, 1.165) is 32.0 Å². The Morgan fingerprint density at radius 2 is 2.10 bits per heavy atom. The van der Waals surface area contributed by atoms with Crippen molar-refractivity contribution < 1.29 is 9.53 Å². The van der Waals surface area contributed by atoms with Gasteiger partial charge in [0.25, 0.3) is 0 Å². The van der Waals surface area contributed by atoms with Gasteiger partial charge in [-0.3, -0.25) is 4.79 Å². The minimum Gasteiger partial charge on any atom is -0.460 e. The third-order valence-electron chi connectivity index (χ3n) is 5.41. The van der Waals surface area contributed by atoms with Crippen molar-refractivity contribution in [3.63, 3.8) is 0 Å². The van der Waals surface area contributed by atoms with Crippen LogP contribution in [0.2, 0.25) is 0 Å². The van der Waals surface area contributed by atoms with E-state index in [1.807, 2.05) is 20.8 Å². The maximum atomic E-state index is 12.6. The molecule has 3 fully saturated rings. The van der Waals surface area contributed by atoms with E-state index in [1.54, 1.807) is 0 Å². The molecule has 2 heterocycles.